The average molecular weight is 476 g/mol. The number of halogens is 1. The van der Waals surface area contributed by atoms with Crippen LogP contribution in [0, 0.1) is 0 Å². The van der Waals surface area contributed by atoms with E-state index in [0.717, 1.165) is 36.6 Å². The van der Waals surface area contributed by atoms with Crippen LogP contribution in [-0.4, -0.2) is 51.3 Å². The quantitative estimate of drug-likeness (QED) is 0.246. The van der Waals surface area contributed by atoms with Crippen molar-refractivity contribution >= 4 is 35.6 Å². The SMILES string of the molecule is CN(C)CCCCCCCN=C(N)Nc1ccc2c(c1)OCCCO2.I. The van der Waals surface area contributed by atoms with Crippen molar-refractivity contribution < 1.29 is 9.47 Å². The third-order valence-electron chi connectivity index (χ3n) is 4.07. The van der Waals surface area contributed by atoms with Crippen molar-refractivity contribution in [3.63, 3.8) is 0 Å². The molecule has 6 nitrogen and oxygen atoms in total. The van der Waals surface area contributed by atoms with E-state index in [-0.39, 0.29) is 24.0 Å². The van der Waals surface area contributed by atoms with E-state index in [4.69, 9.17) is 15.2 Å². The molecule has 0 saturated heterocycles. The largest absolute Gasteiger partial charge is 0.490 e. The van der Waals surface area contributed by atoms with Crippen molar-refractivity contribution in [1.82, 2.24) is 4.90 Å². The zero-order valence-corrected chi connectivity index (χ0v) is 18.3. The molecule has 0 aliphatic carbocycles. The Morgan fingerprint density at radius 1 is 1.08 bits per heavy atom. The smallest absolute Gasteiger partial charge is 0.193 e. The Balaban J connectivity index is 0.00000338. The fraction of sp³-hybridized carbons (Fsp3) is 0.632. The summed E-state index contributed by atoms with van der Waals surface area (Å²) in [7, 11) is 4.24. The maximum atomic E-state index is 5.97. The van der Waals surface area contributed by atoms with Gasteiger partial charge < -0.3 is 25.4 Å². The molecule has 3 N–H and O–H groups in total. The third kappa shape index (κ3) is 8.93. The average Bonchev–Trinajstić information content (AvgIpc) is 2.82. The van der Waals surface area contributed by atoms with Crippen molar-refractivity contribution in [2.24, 2.45) is 10.7 Å². The summed E-state index contributed by atoms with van der Waals surface area (Å²) in [5, 5.41) is 3.12. The molecule has 0 saturated carbocycles. The van der Waals surface area contributed by atoms with E-state index >= 15 is 0 Å². The Morgan fingerprint density at radius 2 is 1.77 bits per heavy atom. The summed E-state index contributed by atoms with van der Waals surface area (Å²) in [5.41, 5.74) is 6.84. The number of benzene rings is 1. The number of unbranched alkanes of at least 4 members (excludes halogenated alkanes) is 4. The van der Waals surface area contributed by atoms with Crippen molar-refractivity contribution in [1.29, 1.82) is 0 Å². The summed E-state index contributed by atoms with van der Waals surface area (Å²) in [6, 6.07) is 5.75. The van der Waals surface area contributed by atoms with Gasteiger partial charge in [-0.3, -0.25) is 4.99 Å². The van der Waals surface area contributed by atoms with Crippen molar-refractivity contribution in [2.75, 3.05) is 45.7 Å². The second-order valence-electron chi connectivity index (χ2n) is 6.67. The fourth-order valence-corrected chi connectivity index (χ4v) is 2.70. The van der Waals surface area contributed by atoms with Crippen LogP contribution in [0.5, 0.6) is 11.5 Å². The molecule has 1 aliphatic rings. The summed E-state index contributed by atoms with van der Waals surface area (Å²) in [6.07, 6.45) is 6.99. The van der Waals surface area contributed by atoms with Gasteiger partial charge in [0, 0.05) is 24.7 Å². The minimum atomic E-state index is 0. The number of hydrogen-bond donors (Lipinski definition) is 2. The predicted octanol–water partition coefficient (Wildman–Crippen LogP) is 3.70. The van der Waals surface area contributed by atoms with Gasteiger partial charge in [-0.25, -0.2) is 0 Å². The Hall–Kier alpha value is -1.22. The van der Waals surface area contributed by atoms with Crippen LogP contribution in [-0.2, 0) is 0 Å². The molecule has 1 aliphatic heterocycles. The number of guanidine groups is 1. The molecule has 0 aromatic heterocycles. The van der Waals surface area contributed by atoms with Crippen LogP contribution in [0.1, 0.15) is 38.5 Å². The first-order chi connectivity index (χ1) is 12.1. The molecule has 0 spiro atoms. The summed E-state index contributed by atoms with van der Waals surface area (Å²) >= 11 is 0. The molecule has 0 bridgehead atoms. The van der Waals surface area contributed by atoms with Gasteiger partial charge in [-0.1, -0.05) is 19.3 Å². The molecule has 26 heavy (non-hydrogen) atoms. The zero-order valence-electron chi connectivity index (χ0n) is 16.0. The molecule has 0 amide bonds. The van der Waals surface area contributed by atoms with Gasteiger partial charge in [-0.15, -0.1) is 24.0 Å². The number of nitrogens with one attached hydrogen (secondary N) is 1. The van der Waals surface area contributed by atoms with Gasteiger partial charge >= 0.3 is 0 Å². The molecule has 2 rings (SSSR count). The van der Waals surface area contributed by atoms with Gasteiger partial charge in [-0.2, -0.15) is 0 Å². The van der Waals surface area contributed by atoms with Crippen LogP contribution in [0.25, 0.3) is 0 Å². The molecule has 0 radical (unpaired) electrons. The Morgan fingerprint density at radius 3 is 2.54 bits per heavy atom. The van der Waals surface area contributed by atoms with E-state index in [1.807, 2.05) is 18.2 Å². The number of aliphatic imine (C=N–C) groups is 1. The Kier molecular flexibility index (Phi) is 11.4. The number of ether oxygens (including phenoxy) is 2. The highest BCUT2D eigenvalue weighted by molar-refractivity contribution is 14.0. The van der Waals surface area contributed by atoms with Crippen LogP contribution in [0.4, 0.5) is 5.69 Å². The number of fused-ring (bicyclic) bond motifs is 1. The number of hydrogen-bond acceptors (Lipinski definition) is 4. The molecule has 0 unspecified atom stereocenters. The number of nitrogens with zero attached hydrogens (tertiary/aromatic N) is 2. The van der Waals surface area contributed by atoms with Crippen LogP contribution in [0.2, 0.25) is 0 Å². The second-order valence-corrected chi connectivity index (χ2v) is 6.67. The number of nitrogens with two attached hydrogens (primary N) is 1. The monoisotopic (exact) mass is 476 g/mol. The fourth-order valence-electron chi connectivity index (χ4n) is 2.70. The second kappa shape index (κ2) is 13.0. The van der Waals surface area contributed by atoms with Crippen molar-refractivity contribution in [3.8, 4) is 11.5 Å². The summed E-state index contributed by atoms with van der Waals surface area (Å²) in [4.78, 5) is 6.63. The molecule has 1 aromatic carbocycles. The van der Waals surface area contributed by atoms with E-state index < -0.39 is 0 Å². The summed E-state index contributed by atoms with van der Waals surface area (Å²) in [5.74, 6) is 1.99. The highest BCUT2D eigenvalue weighted by Gasteiger charge is 2.10. The number of anilines is 1. The first kappa shape index (κ1) is 22.8. The van der Waals surface area contributed by atoms with E-state index in [0.29, 0.717) is 19.2 Å². The lowest BCUT2D eigenvalue weighted by Crippen LogP contribution is -2.22. The summed E-state index contributed by atoms with van der Waals surface area (Å²) < 4.78 is 11.3. The summed E-state index contributed by atoms with van der Waals surface area (Å²) in [6.45, 7) is 3.30. The van der Waals surface area contributed by atoms with E-state index in [9.17, 15) is 0 Å². The van der Waals surface area contributed by atoms with Gasteiger partial charge in [0.15, 0.2) is 17.5 Å². The van der Waals surface area contributed by atoms with Gasteiger partial charge in [0.1, 0.15) is 0 Å². The van der Waals surface area contributed by atoms with Gasteiger partial charge in [0.05, 0.1) is 13.2 Å². The van der Waals surface area contributed by atoms with Gasteiger partial charge in [0.2, 0.25) is 0 Å². The first-order valence-electron chi connectivity index (χ1n) is 9.26. The number of rotatable bonds is 9. The highest BCUT2D eigenvalue weighted by Crippen LogP contribution is 2.32. The van der Waals surface area contributed by atoms with Crippen LogP contribution in [0.3, 0.4) is 0 Å². The predicted molar refractivity (Wildman–Crippen MR) is 119 cm³/mol. The highest BCUT2D eigenvalue weighted by atomic mass is 127. The Labute approximate surface area is 174 Å². The normalized spacial score (nSPS) is 13.9. The standard InChI is InChI=1S/C19H32N4O2.HI/c1-23(2)12-7-5-3-4-6-11-21-19(20)22-16-9-10-17-18(15-16)25-14-8-13-24-17;/h9-10,15H,3-8,11-14H2,1-2H3,(H3,20,21,22);1H. The van der Waals surface area contributed by atoms with Crippen LogP contribution < -0.4 is 20.5 Å². The maximum absolute atomic E-state index is 5.97. The lowest BCUT2D eigenvalue weighted by atomic mass is 10.1. The third-order valence-corrected chi connectivity index (χ3v) is 4.07. The van der Waals surface area contributed by atoms with Crippen LogP contribution in [0.15, 0.2) is 23.2 Å². The zero-order chi connectivity index (χ0) is 17.9. The molecule has 7 heteroatoms. The first-order valence-corrected chi connectivity index (χ1v) is 9.26. The van der Waals surface area contributed by atoms with Gasteiger partial charge in [-0.05, 0) is 45.6 Å². The molecule has 148 valence electrons. The lowest BCUT2D eigenvalue weighted by molar-refractivity contribution is 0.297. The van der Waals surface area contributed by atoms with Crippen LogP contribution >= 0.6 is 24.0 Å². The lowest BCUT2D eigenvalue weighted by Gasteiger charge is -2.10. The van der Waals surface area contributed by atoms with Crippen molar-refractivity contribution in [3.05, 3.63) is 18.2 Å². The van der Waals surface area contributed by atoms with E-state index in [1.54, 1.807) is 0 Å². The molecule has 1 aromatic rings. The van der Waals surface area contributed by atoms with E-state index in [2.05, 4.69) is 29.3 Å². The maximum Gasteiger partial charge on any atom is 0.193 e. The van der Waals surface area contributed by atoms with Crippen molar-refractivity contribution in [2.45, 2.75) is 38.5 Å². The molecule has 0 atom stereocenters. The minimum Gasteiger partial charge on any atom is -0.490 e. The van der Waals surface area contributed by atoms with E-state index in [1.165, 1.54) is 32.2 Å². The molecule has 1 heterocycles. The Bertz CT molecular complexity index is 552. The topological polar surface area (TPSA) is 72.1 Å². The molecule has 0 fully saturated rings. The molecular formula is C19H33IN4O2. The van der Waals surface area contributed by atoms with Gasteiger partial charge in [0.25, 0.3) is 0 Å². The minimum absolute atomic E-state index is 0. The molecular weight excluding hydrogens is 443 g/mol.